The quantitative estimate of drug-likeness (QED) is 0.719. The molecule has 0 bridgehead atoms. The van der Waals surface area contributed by atoms with E-state index in [4.69, 9.17) is 11.6 Å². The summed E-state index contributed by atoms with van der Waals surface area (Å²) in [6.07, 6.45) is 2.01. The van der Waals surface area contributed by atoms with Gasteiger partial charge >= 0.3 is 0 Å². The molecule has 0 N–H and O–H groups in total. The minimum absolute atomic E-state index is 0.0102. The summed E-state index contributed by atoms with van der Waals surface area (Å²) in [4.78, 5) is 13.9. The Kier molecular flexibility index (Phi) is 3.73. The summed E-state index contributed by atoms with van der Waals surface area (Å²) in [6.45, 7) is 2.74. The highest BCUT2D eigenvalue weighted by molar-refractivity contribution is 9.10. The fourth-order valence-corrected chi connectivity index (χ4v) is 2.62. The fraction of sp³-hybridized carbons (Fsp3) is 0.417. The summed E-state index contributed by atoms with van der Waals surface area (Å²) < 4.78 is 13.9. The highest BCUT2D eigenvalue weighted by Gasteiger charge is 2.26. The molecular formula is C12H12BrClFNO. The molecule has 2 nitrogen and oxygen atoms in total. The smallest absolute Gasteiger partial charge is 0.254 e. The third-order valence-corrected chi connectivity index (χ3v) is 4.28. The second-order valence-electron chi connectivity index (χ2n) is 4.24. The average molecular weight is 321 g/mol. The molecular weight excluding hydrogens is 308 g/mol. The molecule has 0 spiro atoms. The van der Waals surface area contributed by atoms with Crippen molar-refractivity contribution in [2.45, 2.75) is 25.8 Å². The Morgan fingerprint density at radius 1 is 1.59 bits per heavy atom. The van der Waals surface area contributed by atoms with E-state index in [-0.39, 0.29) is 17.0 Å². The Morgan fingerprint density at radius 2 is 2.29 bits per heavy atom. The third-order valence-electron chi connectivity index (χ3n) is 3.04. The van der Waals surface area contributed by atoms with Crippen molar-refractivity contribution in [3.63, 3.8) is 0 Å². The molecule has 0 saturated carbocycles. The predicted octanol–water partition coefficient (Wildman–Crippen LogP) is 3.87. The van der Waals surface area contributed by atoms with Gasteiger partial charge < -0.3 is 4.90 Å². The molecule has 1 saturated heterocycles. The van der Waals surface area contributed by atoms with Crippen LogP contribution in [0.25, 0.3) is 0 Å². The Balaban J connectivity index is 2.31. The van der Waals surface area contributed by atoms with Crippen LogP contribution in [0.1, 0.15) is 30.1 Å². The van der Waals surface area contributed by atoms with Gasteiger partial charge in [0.15, 0.2) is 0 Å². The van der Waals surface area contributed by atoms with E-state index in [9.17, 15) is 9.18 Å². The Labute approximate surface area is 113 Å². The van der Waals surface area contributed by atoms with Gasteiger partial charge in [-0.25, -0.2) is 4.39 Å². The molecule has 0 radical (unpaired) electrons. The molecule has 92 valence electrons. The number of likely N-dealkylation sites (tertiary alicyclic amines) is 1. The number of carbonyl (C=O) groups excluding carboxylic acids is 1. The largest absolute Gasteiger partial charge is 0.336 e. The number of nitrogens with zero attached hydrogens (tertiary/aromatic N) is 1. The van der Waals surface area contributed by atoms with E-state index < -0.39 is 5.82 Å². The predicted molar refractivity (Wildman–Crippen MR) is 68.8 cm³/mol. The van der Waals surface area contributed by atoms with E-state index in [0.717, 1.165) is 19.4 Å². The van der Waals surface area contributed by atoms with Gasteiger partial charge in [0.05, 0.1) is 5.02 Å². The molecule has 1 aliphatic heterocycles. The standard InChI is InChI=1S/C12H12BrClFNO/c1-7-3-2-4-16(7)12(17)8-5-9(13)11(14)10(15)6-8/h5-7H,2-4H2,1H3/t7-/m1/s1. The Bertz CT molecular complexity index is 443. The van der Waals surface area contributed by atoms with Crippen molar-refractivity contribution in [1.29, 1.82) is 0 Å². The maximum atomic E-state index is 13.5. The number of hydrogen-bond donors (Lipinski definition) is 0. The van der Waals surface area contributed by atoms with E-state index in [1.165, 1.54) is 6.07 Å². The topological polar surface area (TPSA) is 20.3 Å². The number of amides is 1. The first kappa shape index (κ1) is 12.8. The van der Waals surface area contributed by atoms with Crippen LogP contribution >= 0.6 is 27.5 Å². The number of hydrogen-bond acceptors (Lipinski definition) is 1. The second-order valence-corrected chi connectivity index (χ2v) is 5.48. The number of halogens is 3. The SMILES string of the molecule is C[C@@H]1CCCN1C(=O)c1cc(F)c(Cl)c(Br)c1. The molecule has 0 aromatic heterocycles. The lowest BCUT2D eigenvalue weighted by Gasteiger charge is -2.21. The lowest BCUT2D eigenvalue weighted by atomic mass is 10.2. The molecule has 1 aliphatic rings. The number of benzene rings is 1. The molecule has 1 aromatic rings. The molecule has 17 heavy (non-hydrogen) atoms. The fourth-order valence-electron chi connectivity index (χ4n) is 2.08. The Hall–Kier alpha value is -0.610. The van der Waals surface area contributed by atoms with Crippen LogP contribution < -0.4 is 0 Å². The zero-order valence-corrected chi connectivity index (χ0v) is 11.7. The van der Waals surface area contributed by atoms with Crippen LogP contribution in [0.4, 0.5) is 4.39 Å². The van der Waals surface area contributed by atoms with Crippen molar-refractivity contribution in [2.75, 3.05) is 6.54 Å². The van der Waals surface area contributed by atoms with Gasteiger partial charge in [-0.2, -0.15) is 0 Å². The van der Waals surface area contributed by atoms with Gasteiger partial charge in [-0.05, 0) is 47.8 Å². The van der Waals surface area contributed by atoms with Gasteiger partial charge in [0.1, 0.15) is 5.82 Å². The monoisotopic (exact) mass is 319 g/mol. The van der Waals surface area contributed by atoms with Crippen LogP contribution in [0.15, 0.2) is 16.6 Å². The van der Waals surface area contributed by atoms with E-state index in [0.29, 0.717) is 10.0 Å². The minimum Gasteiger partial charge on any atom is -0.336 e. The number of rotatable bonds is 1. The van der Waals surface area contributed by atoms with E-state index >= 15 is 0 Å². The summed E-state index contributed by atoms with van der Waals surface area (Å²) in [6, 6.07) is 2.99. The molecule has 1 atom stereocenters. The Morgan fingerprint density at radius 3 is 2.82 bits per heavy atom. The zero-order valence-electron chi connectivity index (χ0n) is 9.34. The van der Waals surface area contributed by atoms with E-state index in [2.05, 4.69) is 15.9 Å². The van der Waals surface area contributed by atoms with Gasteiger partial charge in [0.2, 0.25) is 0 Å². The molecule has 2 rings (SSSR count). The summed E-state index contributed by atoms with van der Waals surface area (Å²) in [5, 5.41) is 0.0102. The van der Waals surface area contributed by atoms with Gasteiger partial charge in [0.25, 0.3) is 5.91 Å². The van der Waals surface area contributed by atoms with E-state index in [1.54, 1.807) is 11.0 Å². The van der Waals surface area contributed by atoms with Crippen molar-refractivity contribution in [3.8, 4) is 0 Å². The van der Waals surface area contributed by atoms with Gasteiger partial charge in [0, 0.05) is 22.6 Å². The first-order valence-electron chi connectivity index (χ1n) is 5.46. The molecule has 1 fully saturated rings. The molecule has 0 aliphatic carbocycles. The summed E-state index contributed by atoms with van der Waals surface area (Å²) in [7, 11) is 0. The molecule has 0 unspecified atom stereocenters. The molecule has 1 aromatic carbocycles. The second kappa shape index (κ2) is 4.94. The van der Waals surface area contributed by atoms with Gasteiger partial charge in [-0.1, -0.05) is 11.6 Å². The van der Waals surface area contributed by atoms with Crippen LogP contribution in [-0.2, 0) is 0 Å². The summed E-state index contributed by atoms with van der Waals surface area (Å²) >= 11 is 8.84. The minimum atomic E-state index is -0.573. The lowest BCUT2D eigenvalue weighted by Crippen LogP contribution is -2.33. The van der Waals surface area contributed by atoms with Crippen molar-refractivity contribution < 1.29 is 9.18 Å². The van der Waals surface area contributed by atoms with Crippen LogP contribution in [0.3, 0.4) is 0 Å². The first-order valence-corrected chi connectivity index (χ1v) is 6.63. The van der Waals surface area contributed by atoms with Crippen molar-refractivity contribution in [1.82, 2.24) is 4.90 Å². The van der Waals surface area contributed by atoms with Crippen LogP contribution in [0, 0.1) is 5.82 Å². The first-order chi connectivity index (χ1) is 8.00. The zero-order chi connectivity index (χ0) is 12.6. The third kappa shape index (κ3) is 2.47. The lowest BCUT2D eigenvalue weighted by molar-refractivity contribution is 0.0747. The van der Waals surface area contributed by atoms with Crippen molar-refractivity contribution in [2.24, 2.45) is 0 Å². The van der Waals surface area contributed by atoms with Crippen molar-refractivity contribution >= 4 is 33.4 Å². The van der Waals surface area contributed by atoms with E-state index in [1.807, 2.05) is 6.92 Å². The maximum Gasteiger partial charge on any atom is 0.254 e. The molecule has 5 heteroatoms. The normalized spacial score (nSPS) is 19.8. The number of carbonyl (C=O) groups is 1. The van der Waals surface area contributed by atoms with Crippen molar-refractivity contribution in [3.05, 3.63) is 33.0 Å². The highest BCUT2D eigenvalue weighted by Crippen LogP contribution is 2.28. The van der Waals surface area contributed by atoms with Gasteiger partial charge in [-0.15, -0.1) is 0 Å². The van der Waals surface area contributed by atoms with Gasteiger partial charge in [-0.3, -0.25) is 4.79 Å². The maximum absolute atomic E-state index is 13.5. The van der Waals surface area contributed by atoms with Crippen LogP contribution in [0.5, 0.6) is 0 Å². The molecule has 1 heterocycles. The highest BCUT2D eigenvalue weighted by atomic mass is 79.9. The summed E-state index contributed by atoms with van der Waals surface area (Å²) in [5.41, 5.74) is 0.340. The average Bonchev–Trinajstić information content (AvgIpc) is 2.70. The molecule has 1 amide bonds. The summed E-state index contributed by atoms with van der Waals surface area (Å²) in [5.74, 6) is -0.706. The van der Waals surface area contributed by atoms with Crippen LogP contribution in [-0.4, -0.2) is 23.4 Å². The van der Waals surface area contributed by atoms with Crippen LogP contribution in [0.2, 0.25) is 5.02 Å².